The van der Waals surface area contributed by atoms with Crippen LogP contribution in [-0.4, -0.2) is 22.5 Å². The van der Waals surface area contributed by atoms with Gasteiger partial charge in [-0.2, -0.15) is 0 Å². The Bertz CT molecular complexity index is 251. The Hall–Kier alpha value is -0.441. The van der Waals surface area contributed by atoms with Gasteiger partial charge in [-0.3, -0.25) is 0 Å². The molecule has 0 bridgehead atoms. The molecular weight excluding hydrogens is 241 g/mol. The second-order valence-corrected chi connectivity index (χ2v) is 4.48. The number of nitrogens with two attached hydrogens (primary N) is 1. The fraction of sp³-hybridized carbons (Fsp3) is 0.111. The fourth-order valence-corrected chi connectivity index (χ4v) is 1.45. The van der Waals surface area contributed by atoms with Crippen LogP contribution in [0.15, 0.2) is 36.5 Å². The predicted octanol–water partition coefficient (Wildman–Crippen LogP) is 0.228. The van der Waals surface area contributed by atoms with E-state index in [-0.39, 0.29) is 0 Å². The molecule has 1 nitrogen and oxygen atoms in total. The van der Waals surface area contributed by atoms with E-state index in [0.717, 1.165) is 12.1 Å². The summed E-state index contributed by atoms with van der Waals surface area (Å²) in [5.74, 6) is 0. The Kier molecular flexibility index (Phi) is 3.00. The van der Waals surface area contributed by atoms with Gasteiger partial charge in [0.1, 0.15) is 0 Å². The maximum absolute atomic E-state index is 5.48. The van der Waals surface area contributed by atoms with Crippen LogP contribution in [-0.2, 0) is 6.42 Å². The van der Waals surface area contributed by atoms with Gasteiger partial charge < -0.3 is 0 Å². The van der Waals surface area contributed by atoms with Gasteiger partial charge in [-0.15, -0.1) is 0 Å². The first kappa shape index (κ1) is 8.65. The summed E-state index contributed by atoms with van der Waals surface area (Å²) >= 11 is 1.18. The summed E-state index contributed by atoms with van der Waals surface area (Å²) in [6.07, 6.45) is 0.792. The third kappa shape index (κ3) is 2.97. The van der Waals surface area contributed by atoms with E-state index in [1.54, 1.807) is 0 Å². The topological polar surface area (TPSA) is 26.0 Å². The average molecular weight is 252 g/mol. The minimum atomic E-state index is 0.727. The van der Waals surface area contributed by atoms with Crippen LogP contribution in [0.1, 0.15) is 5.56 Å². The molecule has 0 amide bonds. The Balaban J connectivity index is 2.74. The minimum absolute atomic E-state index is 0.727. The third-order valence-electron chi connectivity index (χ3n) is 1.41. The van der Waals surface area contributed by atoms with Crippen LogP contribution in [0.25, 0.3) is 0 Å². The second kappa shape index (κ2) is 3.81. The molecule has 0 spiro atoms. The van der Waals surface area contributed by atoms with Crippen molar-refractivity contribution in [3.05, 3.63) is 42.1 Å². The van der Waals surface area contributed by atoms with Crippen molar-refractivity contribution in [2.75, 3.05) is 0 Å². The SMILES string of the molecule is C=C(N)Cc1cc[c]([SnH])cc1. The quantitative estimate of drug-likeness (QED) is 0.749. The summed E-state index contributed by atoms with van der Waals surface area (Å²) in [5.41, 5.74) is 7.45. The zero-order valence-corrected chi connectivity index (χ0v) is 9.67. The third-order valence-corrected chi connectivity index (χ3v) is 2.51. The molecule has 1 aromatic rings. The molecule has 0 aliphatic heterocycles. The van der Waals surface area contributed by atoms with Gasteiger partial charge in [0.15, 0.2) is 0 Å². The van der Waals surface area contributed by atoms with Crippen LogP contribution in [0.5, 0.6) is 0 Å². The number of rotatable bonds is 2. The number of hydrogen-bond acceptors (Lipinski definition) is 1. The molecule has 0 fully saturated rings. The Morgan fingerprint density at radius 2 is 1.91 bits per heavy atom. The molecule has 11 heavy (non-hydrogen) atoms. The van der Waals surface area contributed by atoms with Gasteiger partial charge in [0, 0.05) is 0 Å². The van der Waals surface area contributed by atoms with Crippen molar-refractivity contribution >= 4 is 26.1 Å². The molecule has 56 valence electrons. The monoisotopic (exact) mass is 253 g/mol. The molecule has 0 aliphatic rings. The predicted molar refractivity (Wildman–Crippen MR) is 50.3 cm³/mol. The van der Waals surface area contributed by atoms with Gasteiger partial charge in [0.05, 0.1) is 0 Å². The Labute approximate surface area is 80.4 Å². The van der Waals surface area contributed by atoms with Gasteiger partial charge in [0.25, 0.3) is 0 Å². The number of allylic oxidation sites excluding steroid dienone is 1. The summed E-state index contributed by atoms with van der Waals surface area (Å²) in [6.45, 7) is 3.66. The van der Waals surface area contributed by atoms with E-state index in [9.17, 15) is 0 Å². The van der Waals surface area contributed by atoms with Crippen molar-refractivity contribution in [3.63, 3.8) is 0 Å². The summed E-state index contributed by atoms with van der Waals surface area (Å²) in [6, 6.07) is 8.50. The van der Waals surface area contributed by atoms with Crippen LogP contribution < -0.4 is 9.31 Å². The van der Waals surface area contributed by atoms with E-state index in [2.05, 4.69) is 30.8 Å². The van der Waals surface area contributed by atoms with Crippen molar-refractivity contribution in [2.24, 2.45) is 5.73 Å². The molecule has 1 rings (SSSR count). The van der Waals surface area contributed by atoms with E-state index in [0.29, 0.717) is 0 Å². The van der Waals surface area contributed by atoms with Gasteiger partial charge in [0.2, 0.25) is 0 Å². The Morgan fingerprint density at radius 3 is 2.36 bits per heavy atom. The zero-order chi connectivity index (χ0) is 8.27. The standard InChI is InChI=1S/C9H10N.Sn.H/c1-8(10)7-9-5-3-2-4-6-9;;/h3-6H,1,7,10H2;;. The molecule has 1 aromatic carbocycles. The maximum atomic E-state index is 5.48. The van der Waals surface area contributed by atoms with E-state index >= 15 is 0 Å². The number of benzene rings is 1. The molecule has 0 heterocycles. The summed E-state index contributed by atoms with van der Waals surface area (Å²) in [5, 5.41) is 0. The summed E-state index contributed by atoms with van der Waals surface area (Å²) in [7, 11) is 0. The van der Waals surface area contributed by atoms with E-state index in [4.69, 9.17) is 5.73 Å². The molecule has 0 saturated carbocycles. The van der Waals surface area contributed by atoms with Crippen molar-refractivity contribution in [2.45, 2.75) is 6.42 Å². The van der Waals surface area contributed by atoms with Crippen molar-refractivity contribution in [3.8, 4) is 0 Å². The second-order valence-electron chi connectivity index (χ2n) is 2.58. The van der Waals surface area contributed by atoms with Gasteiger partial charge in [-0.05, 0) is 0 Å². The first-order valence-electron chi connectivity index (χ1n) is 3.46. The van der Waals surface area contributed by atoms with Crippen LogP contribution in [0.4, 0.5) is 0 Å². The zero-order valence-electron chi connectivity index (χ0n) is 6.38. The van der Waals surface area contributed by atoms with Crippen LogP contribution in [0.3, 0.4) is 0 Å². The molecule has 2 N–H and O–H groups in total. The first-order valence-corrected chi connectivity index (χ1v) is 5.11. The van der Waals surface area contributed by atoms with Crippen LogP contribution in [0, 0.1) is 0 Å². The van der Waals surface area contributed by atoms with Gasteiger partial charge >= 0.3 is 80.4 Å². The molecule has 2 radical (unpaired) electrons. The van der Waals surface area contributed by atoms with E-state index in [1.807, 2.05) is 0 Å². The molecular formula is C9H11NSn. The molecule has 0 saturated heterocycles. The van der Waals surface area contributed by atoms with E-state index in [1.165, 1.54) is 31.7 Å². The summed E-state index contributed by atoms with van der Waals surface area (Å²) in [4.78, 5) is 0. The summed E-state index contributed by atoms with van der Waals surface area (Å²) < 4.78 is 1.40. The fourth-order valence-electron chi connectivity index (χ4n) is 0.898. The van der Waals surface area contributed by atoms with Crippen LogP contribution >= 0.6 is 0 Å². The van der Waals surface area contributed by atoms with Gasteiger partial charge in [-0.1, -0.05) is 0 Å². The van der Waals surface area contributed by atoms with Crippen molar-refractivity contribution in [1.29, 1.82) is 0 Å². The van der Waals surface area contributed by atoms with Crippen LogP contribution in [0.2, 0.25) is 0 Å². The van der Waals surface area contributed by atoms with E-state index < -0.39 is 0 Å². The Morgan fingerprint density at radius 1 is 1.36 bits per heavy atom. The normalized spacial score (nSPS) is 9.55. The van der Waals surface area contributed by atoms with Crippen molar-refractivity contribution in [1.82, 2.24) is 0 Å². The first-order chi connectivity index (χ1) is 5.18. The molecule has 0 aliphatic carbocycles. The average Bonchev–Trinajstić information content (AvgIpc) is 1.93. The molecule has 2 heteroatoms. The van der Waals surface area contributed by atoms with Crippen molar-refractivity contribution < 1.29 is 0 Å². The molecule has 0 aromatic heterocycles. The molecule has 0 unspecified atom stereocenters. The molecule has 0 atom stereocenters. The number of hydrogen-bond donors (Lipinski definition) is 1. The van der Waals surface area contributed by atoms with Gasteiger partial charge in [-0.25, -0.2) is 0 Å².